The Balaban J connectivity index is 2.68. The summed E-state index contributed by atoms with van der Waals surface area (Å²) < 4.78 is 6.79. The molecule has 0 atom stereocenters. The van der Waals surface area contributed by atoms with Crippen LogP contribution in [0.3, 0.4) is 0 Å². The lowest BCUT2D eigenvalue weighted by Crippen LogP contribution is -2.08. The third-order valence-corrected chi connectivity index (χ3v) is 2.63. The molecule has 0 unspecified atom stereocenters. The third-order valence-electron chi connectivity index (χ3n) is 2.63. The summed E-state index contributed by atoms with van der Waals surface area (Å²) in [7, 11) is 1.83. The normalized spacial score (nSPS) is 10.6. The number of para-hydroxylation sites is 1. The first-order chi connectivity index (χ1) is 7.66. The van der Waals surface area contributed by atoms with E-state index in [-0.39, 0.29) is 5.97 Å². The van der Waals surface area contributed by atoms with Gasteiger partial charge in [0.15, 0.2) is 0 Å². The van der Waals surface area contributed by atoms with E-state index < -0.39 is 0 Å². The van der Waals surface area contributed by atoms with Crippen molar-refractivity contribution in [3.8, 4) is 0 Å². The van der Waals surface area contributed by atoms with E-state index in [9.17, 15) is 4.79 Å². The second-order valence-corrected chi connectivity index (χ2v) is 3.56. The van der Waals surface area contributed by atoms with E-state index in [1.807, 2.05) is 31.3 Å². The molecule has 4 heteroatoms. The van der Waals surface area contributed by atoms with Crippen LogP contribution in [0.25, 0.3) is 10.9 Å². The SMILES string of the molecule is CCOC(=O)c1c(N)n(C)c2ccccc12. The third kappa shape index (κ3) is 1.43. The molecule has 4 nitrogen and oxygen atoms in total. The van der Waals surface area contributed by atoms with Gasteiger partial charge in [0, 0.05) is 12.4 Å². The molecule has 0 aliphatic heterocycles. The molecule has 0 bridgehead atoms. The number of fused-ring (bicyclic) bond motifs is 1. The van der Waals surface area contributed by atoms with Crippen LogP contribution in [0.2, 0.25) is 0 Å². The standard InChI is InChI=1S/C12H14N2O2/c1-3-16-12(15)10-8-6-4-5-7-9(8)14(2)11(10)13/h4-7H,3,13H2,1-2H3. The minimum absolute atomic E-state index is 0.349. The molecular weight excluding hydrogens is 204 g/mol. The number of benzene rings is 1. The number of aryl methyl sites for hydroxylation is 1. The van der Waals surface area contributed by atoms with Gasteiger partial charge in [-0.3, -0.25) is 0 Å². The molecular formula is C12H14N2O2. The molecule has 0 spiro atoms. The summed E-state index contributed by atoms with van der Waals surface area (Å²) in [5.41, 5.74) is 7.30. The van der Waals surface area contributed by atoms with Crippen LogP contribution >= 0.6 is 0 Å². The minimum Gasteiger partial charge on any atom is -0.462 e. The molecule has 2 aromatic rings. The van der Waals surface area contributed by atoms with Crippen molar-refractivity contribution < 1.29 is 9.53 Å². The topological polar surface area (TPSA) is 57.2 Å². The van der Waals surface area contributed by atoms with Crippen molar-refractivity contribution in [3.05, 3.63) is 29.8 Å². The van der Waals surface area contributed by atoms with Crippen LogP contribution in [-0.2, 0) is 11.8 Å². The summed E-state index contributed by atoms with van der Waals surface area (Å²) in [5.74, 6) is 0.0800. The number of aromatic nitrogens is 1. The van der Waals surface area contributed by atoms with Gasteiger partial charge < -0.3 is 15.0 Å². The molecule has 1 heterocycles. The fourth-order valence-corrected chi connectivity index (χ4v) is 1.83. The molecule has 0 fully saturated rings. The Kier molecular flexibility index (Phi) is 2.56. The van der Waals surface area contributed by atoms with Crippen LogP contribution in [-0.4, -0.2) is 17.1 Å². The molecule has 16 heavy (non-hydrogen) atoms. The Labute approximate surface area is 93.6 Å². The highest BCUT2D eigenvalue weighted by molar-refractivity contribution is 6.09. The Bertz CT molecular complexity index is 543. The highest BCUT2D eigenvalue weighted by Gasteiger charge is 2.19. The first-order valence-electron chi connectivity index (χ1n) is 5.16. The predicted molar refractivity (Wildman–Crippen MR) is 63.3 cm³/mol. The van der Waals surface area contributed by atoms with Gasteiger partial charge >= 0.3 is 5.97 Å². The molecule has 1 aromatic heterocycles. The van der Waals surface area contributed by atoms with Gasteiger partial charge in [0.1, 0.15) is 11.4 Å². The molecule has 0 aliphatic rings. The lowest BCUT2D eigenvalue weighted by atomic mass is 10.1. The van der Waals surface area contributed by atoms with Gasteiger partial charge in [0.05, 0.1) is 12.1 Å². The van der Waals surface area contributed by atoms with Crippen molar-refractivity contribution in [1.29, 1.82) is 0 Å². The summed E-state index contributed by atoms with van der Waals surface area (Å²) in [6.07, 6.45) is 0. The monoisotopic (exact) mass is 218 g/mol. The molecule has 84 valence electrons. The Hall–Kier alpha value is -1.97. The van der Waals surface area contributed by atoms with Gasteiger partial charge in [-0.05, 0) is 13.0 Å². The largest absolute Gasteiger partial charge is 0.462 e. The molecule has 0 aliphatic carbocycles. The lowest BCUT2D eigenvalue weighted by molar-refractivity contribution is 0.0530. The maximum atomic E-state index is 11.8. The van der Waals surface area contributed by atoms with Gasteiger partial charge in [0.25, 0.3) is 0 Å². The Morgan fingerprint density at radius 2 is 2.12 bits per heavy atom. The highest BCUT2D eigenvalue weighted by Crippen LogP contribution is 2.27. The maximum Gasteiger partial charge on any atom is 0.342 e. The molecule has 0 saturated carbocycles. The Morgan fingerprint density at radius 1 is 1.44 bits per heavy atom. The first kappa shape index (κ1) is 10.5. The summed E-state index contributed by atoms with van der Waals surface area (Å²) in [6.45, 7) is 2.13. The van der Waals surface area contributed by atoms with Gasteiger partial charge in [0.2, 0.25) is 0 Å². The van der Waals surface area contributed by atoms with Gasteiger partial charge in [-0.2, -0.15) is 0 Å². The van der Waals surface area contributed by atoms with Crippen molar-refractivity contribution in [1.82, 2.24) is 4.57 Å². The van der Waals surface area contributed by atoms with Crippen molar-refractivity contribution in [2.24, 2.45) is 7.05 Å². The second kappa shape index (κ2) is 3.89. The Morgan fingerprint density at radius 3 is 2.81 bits per heavy atom. The van der Waals surface area contributed by atoms with Crippen molar-refractivity contribution in [2.75, 3.05) is 12.3 Å². The lowest BCUT2D eigenvalue weighted by Gasteiger charge is -2.01. The zero-order valence-electron chi connectivity index (χ0n) is 9.36. The van der Waals surface area contributed by atoms with Crippen LogP contribution in [0.4, 0.5) is 5.82 Å². The van der Waals surface area contributed by atoms with Crippen LogP contribution in [0.1, 0.15) is 17.3 Å². The van der Waals surface area contributed by atoms with E-state index in [1.54, 1.807) is 11.5 Å². The van der Waals surface area contributed by atoms with Crippen molar-refractivity contribution >= 4 is 22.7 Å². The number of anilines is 1. The van der Waals surface area contributed by atoms with Gasteiger partial charge in [-0.25, -0.2) is 4.79 Å². The maximum absolute atomic E-state index is 11.8. The molecule has 0 amide bonds. The van der Waals surface area contributed by atoms with E-state index in [1.165, 1.54) is 0 Å². The fourth-order valence-electron chi connectivity index (χ4n) is 1.83. The van der Waals surface area contributed by atoms with E-state index in [4.69, 9.17) is 10.5 Å². The summed E-state index contributed by atoms with van der Waals surface area (Å²) in [4.78, 5) is 11.8. The van der Waals surface area contributed by atoms with E-state index >= 15 is 0 Å². The zero-order valence-corrected chi connectivity index (χ0v) is 9.36. The van der Waals surface area contributed by atoms with Crippen LogP contribution in [0.15, 0.2) is 24.3 Å². The summed E-state index contributed by atoms with van der Waals surface area (Å²) in [6, 6.07) is 7.59. The molecule has 2 N–H and O–H groups in total. The number of ether oxygens (including phenoxy) is 1. The number of hydrogen-bond acceptors (Lipinski definition) is 3. The molecule has 0 radical (unpaired) electrons. The summed E-state index contributed by atoms with van der Waals surface area (Å²) in [5, 5.41) is 0.834. The molecule has 2 rings (SSSR count). The number of esters is 1. The number of hydrogen-bond donors (Lipinski definition) is 1. The predicted octanol–water partition coefficient (Wildman–Crippen LogP) is 1.94. The number of carbonyl (C=O) groups is 1. The van der Waals surface area contributed by atoms with Gasteiger partial charge in [-0.15, -0.1) is 0 Å². The first-order valence-corrected chi connectivity index (χ1v) is 5.16. The number of rotatable bonds is 2. The second-order valence-electron chi connectivity index (χ2n) is 3.56. The van der Waals surface area contributed by atoms with E-state index in [2.05, 4.69) is 0 Å². The highest BCUT2D eigenvalue weighted by atomic mass is 16.5. The average Bonchev–Trinajstić information content (AvgIpc) is 2.53. The molecule has 0 saturated heterocycles. The van der Waals surface area contributed by atoms with E-state index in [0.29, 0.717) is 18.0 Å². The van der Waals surface area contributed by atoms with Crippen LogP contribution in [0.5, 0.6) is 0 Å². The van der Waals surface area contributed by atoms with Crippen molar-refractivity contribution in [3.63, 3.8) is 0 Å². The van der Waals surface area contributed by atoms with Crippen molar-refractivity contribution in [2.45, 2.75) is 6.92 Å². The van der Waals surface area contributed by atoms with E-state index in [0.717, 1.165) is 10.9 Å². The minimum atomic E-state index is -0.364. The van der Waals surface area contributed by atoms with Crippen LogP contribution < -0.4 is 5.73 Å². The van der Waals surface area contributed by atoms with Crippen LogP contribution in [0, 0.1) is 0 Å². The average molecular weight is 218 g/mol. The molecule has 1 aromatic carbocycles. The smallest absolute Gasteiger partial charge is 0.342 e. The quantitative estimate of drug-likeness (QED) is 0.783. The number of carbonyl (C=O) groups excluding carboxylic acids is 1. The summed E-state index contributed by atoms with van der Waals surface area (Å²) >= 11 is 0. The fraction of sp³-hybridized carbons (Fsp3) is 0.250. The number of nitrogens with zero attached hydrogens (tertiary/aromatic N) is 1. The number of nitrogen functional groups attached to an aromatic ring is 1. The van der Waals surface area contributed by atoms with Gasteiger partial charge in [-0.1, -0.05) is 18.2 Å². The number of nitrogens with two attached hydrogens (primary N) is 1. The zero-order chi connectivity index (χ0) is 11.7.